The molecule has 0 bridgehead atoms. The zero-order valence-electron chi connectivity index (χ0n) is 12.1. The van der Waals surface area contributed by atoms with Gasteiger partial charge in [0, 0.05) is 6.04 Å². The number of aryl methyl sites for hydroxylation is 1. The smallest absolute Gasteiger partial charge is 0.277 e. The maximum absolute atomic E-state index is 12.2. The first-order valence-electron chi connectivity index (χ1n) is 6.52. The summed E-state index contributed by atoms with van der Waals surface area (Å²) in [5.74, 6) is -0.0532. The normalized spacial score (nSPS) is 13.1. The summed E-state index contributed by atoms with van der Waals surface area (Å²) in [5, 5.41) is 14.2. The number of benzene rings is 1. The maximum Gasteiger partial charge on any atom is 0.277 e. The van der Waals surface area contributed by atoms with Crippen molar-refractivity contribution in [1.29, 1.82) is 0 Å². The quantitative estimate of drug-likeness (QED) is 0.813. The molecule has 0 spiro atoms. The minimum absolute atomic E-state index is 0.0532. The van der Waals surface area contributed by atoms with Gasteiger partial charge in [-0.15, -0.1) is 5.10 Å². The number of nitrogens with zero attached hydrogens (tertiary/aromatic N) is 4. The van der Waals surface area contributed by atoms with Gasteiger partial charge in [-0.3, -0.25) is 0 Å². The third kappa shape index (κ3) is 3.76. The minimum atomic E-state index is -3.70. The van der Waals surface area contributed by atoms with Crippen molar-refractivity contribution >= 4 is 16.0 Å². The molecule has 2 N–H and O–H groups in total. The highest BCUT2D eigenvalue weighted by molar-refractivity contribution is 7.92. The van der Waals surface area contributed by atoms with Crippen molar-refractivity contribution in [3.05, 3.63) is 29.8 Å². The van der Waals surface area contributed by atoms with Crippen LogP contribution in [0.15, 0.2) is 29.2 Å². The minimum Gasteiger partial charge on any atom is -0.310 e. The molecule has 2 rings (SSSR count). The van der Waals surface area contributed by atoms with Gasteiger partial charge in [0.2, 0.25) is 0 Å². The van der Waals surface area contributed by atoms with Crippen molar-refractivity contribution in [2.75, 3.05) is 11.3 Å². The average molecular weight is 310 g/mol. The van der Waals surface area contributed by atoms with Crippen LogP contribution < -0.4 is 10.0 Å². The maximum atomic E-state index is 12.2. The Morgan fingerprint density at radius 3 is 2.48 bits per heavy atom. The summed E-state index contributed by atoms with van der Waals surface area (Å²) in [5.41, 5.74) is 1.02. The van der Waals surface area contributed by atoms with Crippen LogP contribution in [0.25, 0.3) is 0 Å². The fourth-order valence-electron chi connectivity index (χ4n) is 1.86. The largest absolute Gasteiger partial charge is 0.310 e. The van der Waals surface area contributed by atoms with Crippen molar-refractivity contribution in [3.63, 3.8) is 0 Å². The number of anilines is 1. The first kappa shape index (κ1) is 15.4. The summed E-state index contributed by atoms with van der Waals surface area (Å²) in [4.78, 5) is 1.33. The van der Waals surface area contributed by atoms with Crippen LogP contribution in [-0.4, -0.2) is 35.2 Å². The lowest BCUT2D eigenvalue weighted by molar-refractivity contribution is 0.594. The number of rotatable bonds is 6. The van der Waals surface area contributed by atoms with Crippen LogP contribution in [0, 0.1) is 0 Å². The number of aromatic nitrogens is 4. The molecule has 2 aromatic rings. The fraction of sp³-hybridized carbons (Fsp3) is 0.417. The van der Waals surface area contributed by atoms with E-state index in [1.807, 2.05) is 13.8 Å². The molecule has 0 saturated heterocycles. The van der Waals surface area contributed by atoms with Gasteiger partial charge in [0.05, 0.1) is 11.9 Å². The Labute approximate surface area is 123 Å². The molecular weight excluding hydrogens is 292 g/mol. The van der Waals surface area contributed by atoms with Crippen LogP contribution in [0.1, 0.15) is 25.5 Å². The first-order chi connectivity index (χ1) is 9.92. The van der Waals surface area contributed by atoms with Gasteiger partial charge >= 0.3 is 0 Å². The molecule has 0 radical (unpaired) electrons. The van der Waals surface area contributed by atoms with Crippen molar-refractivity contribution in [2.24, 2.45) is 7.05 Å². The predicted octanol–water partition coefficient (Wildman–Crippen LogP) is 0.681. The molecule has 0 amide bonds. The predicted molar refractivity (Wildman–Crippen MR) is 78.1 cm³/mol. The first-order valence-corrected chi connectivity index (χ1v) is 8.01. The van der Waals surface area contributed by atoms with Gasteiger partial charge in [-0.25, -0.2) is 13.1 Å². The van der Waals surface area contributed by atoms with Gasteiger partial charge < -0.3 is 5.32 Å². The lowest BCUT2D eigenvalue weighted by atomic mass is 10.1. The molecule has 21 heavy (non-hydrogen) atoms. The summed E-state index contributed by atoms with van der Waals surface area (Å²) < 4.78 is 26.6. The SMILES string of the molecule is CCNC(C)c1ccc(S(=O)(=O)Nc2nnn(C)n2)cc1. The van der Waals surface area contributed by atoms with Gasteiger partial charge in [0.25, 0.3) is 16.0 Å². The third-order valence-electron chi connectivity index (χ3n) is 2.93. The lowest BCUT2D eigenvalue weighted by Crippen LogP contribution is -2.18. The van der Waals surface area contributed by atoms with Gasteiger partial charge in [0.1, 0.15) is 0 Å². The van der Waals surface area contributed by atoms with Crippen LogP contribution in [0.3, 0.4) is 0 Å². The van der Waals surface area contributed by atoms with Crippen LogP contribution >= 0.6 is 0 Å². The van der Waals surface area contributed by atoms with E-state index in [-0.39, 0.29) is 16.9 Å². The van der Waals surface area contributed by atoms with Crippen LogP contribution in [0.5, 0.6) is 0 Å². The average Bonchev–Trinajstić information content (AvgIpc) is 2.84. The van der Waals surface area contributed by atoms with Gasteiger partial charge in [-0.2, -0.15) is 4.80 Å². The Bertz CT molecular complexity index is 695. The van der Waals surface area contributed by atoms with Crippen LogP contribution in [0.2, 0.25) is 0 Å². The van der Waals surface area contributed by atoms with E-state index < -0.39 is 10.0 Å². The monoisotopic (exact) mass is 310 g/mol. The van der Waals surface area contributed by atoms with E-state index in [4.69, 9.17) is 0 Å². The van der Waals surface area contributed by atoms with E-state index in [2.05, 4.69) is 25.4 Å². The van der Waals surface area contributed by atoms with E-state index in [1.54, 1.807) is 31.3 Å². The molecule has 9 heteroatoms. The molecular formula is C12H18N6O2S. The topological polar surface area (TPSA) is 102 Å². The number of hydrogen-bond donors (Lipinski definition) is 2. The van der Waals surface area contributed by atoms with E-state index in [0.29, 0.717) is 0 Å². The van der Waals surface area contributed by atoms with Crippen molar-refractivity contribution < 1.29 is 8.42 Å². The molecule has 1 unspecified atom stereocenters. The van der Waals surface area contributed by atoms with Gasteiger partial charge in [0.15, 0.2) is 0 Å². The Hall–Kier alpha value is -2.00. The van der Waals surface area contributed by atoms with Gasteiger partial charge in [-0.05, 0) is 36.4 Å². The van der Waals surface area contributed by atoms with Crippen molar-refractivity contribution in [3.8, 4) is 0 Å². The molecule has 1 aromatic heterocycles. The second-order valence-corrected chi connectivity index (χ2v) is 6.24. The summed E-state index contributed by atoms with van der Waals surface area (Å²) in [6.07, 6.45) is 0. The molecule has 1 aromatic carbocycles. The Morgan fingerprint density at radius 1 is 1.29 bits per heavy atom. The van der Waals surface area contributed by atoms with E-state index in [1.165, 1.54) is 4.80 Å². The number of sulfonamides is 1. The fourth-order valence-corrected chi connectivity index (χ4v) is 2.80. The second kappa shape index (κ2) is 6.19. The van der Waals surface area contributed by atoms with Gasteiger partial charge in [-0.1, -0.05) is 24.2 Å². The Morgan fingerprint density at radius 2 is 1.95 bits per heavy atom. The Kier molecular flexibility index (Phi) is 4.53. The highest BCUT2D eigenvalue weighted by Gasteiger charge is 2.17. The lowest BCUT2D eigenvalue weighted by Gasteiger charge is -2.13. The molecule has 1 atom stereocenters. The second-order valence-electron chi connectivity index (χ2n) is 4.56. The molecule has 114 valence electrons. The van der Waals surface area contributed by atoms with E-state index in [0.717, 1.165) is 12.1 Å². The molecule has 0 fully saturated rings. The third-order valence-corrected chi connectivity index (χ3v) is 4.28. The Balaban J connectivity index is 2.17. The zero-order valence-corrected chi connectivity index (χ0v) is 12.9. The molecule has 0 aliphatic rings. The number of hydrogen-bond acceptors (Lipinski definition) is 6. The van der Waals surface area contributed by atoms with E-state index in [9.17, 15) is 8.42 Å². The molecule has 0 saturated carbocycles. The molecule has 0 aliphatic heterocycles. The highest BCUT2D eigenvalue weighted by Crippen LogP contribution is 2.17. The van der Waals surface area contributed by atoms with Crippen molar-refractivity contribution in [2.45, 2.75) is 24.8 Å². The molecule has 1 heterocycles. The van der Waals surface area contributed by atoms with Crippen molar-refractivity contribution in [1.82, 2.24) is 25.5 Å². The highest BCUT2D eigenvalue weighted by atomic mass is 32.2. The summed E-state index contributed by atoms with van der Waals surface area (Å²) >= 11 is 0. The number of nitrogens with one attached hydrogen (secondary N) is 2. The summed E-state index contributed by atoms with van der Waals surface area (Å²) in [6.45, 7) is 4.89. The molecule has 0 aliphatic carbocycles. The van der Waals surface area contributed by atoms with E-state index >= 15 is 0 Å². The standard InChI is InChI=1S/C12H18N6O2S/c1-4-13-9(2)10-5-7-11(8-6-10)21(19,20)16-12-14-17-18(3)15-12/h5-9,13H,4H2,1-3H3,(H,15,16). The number of tetrazole rings is 1. The summed E-state index contributed by atoms with van der Waals surface area (Å²) in [7, 11) is -2.15. The van der Waals surface area contributed by atoms with Crippen LogP contribution in [-0.2, 0) is 17.1 Å². The molecule has 8 nitrogen and oxygen atoms in total. The summed E-state index contributed by atoms with van der Waals surface area (Å²) in [6, 6.07) is 6.85. The van der Waals surface area contributed by atoms with Crippen LogP contribution in [0.4, 0.5) is 5.95 Å². The zero-order chi connectivity index (χ0) is 15.5.